The largest absolute Gasteiger partial charge is 0.465 e. The number of carbonyl (C=O) groups is 1. The summed E-state index contributed by atoms with van der Waals surface area (Å²) in [5.74, 6) is -5.74. The predicted octanol–water partition coefficient (Wildman–Crippen LogP) is 3.35. The smallest absolute Gasteiger partial charge is 0.407 e. The van der Waals surface area contributed by atoms with E-state index in [1.165, 1.54) is 24.5 Å². The number of aromatic amines is 1. The lowest BCUT2D eigenvalue weighted by atomic mass is 9.85. The number of nitrogens with one attached hydrogen (secondary N) is 2. The second-order valence-electron chi connectivity index (χ2n) is 10.3. The molecule has 2 saturated heterocycles. The Hall–Kier alpha value is -3.88. The number of hydrogen-bond donors (Lipinski definition) is 3. The van der Waals surface area contributed by atoms with Gasteiger partial charge in [0, 0.05) is 37.7 Å². The van der Waals surface area contributed by atoms with Gasteiger partial charge in [-0.1, -0.05) is 18.2 Å². The molecule has 15 heteroatoms. The van der Waals surface area contributed by atoms with Crippen LogP contribution in [0.25, 0.3) is 11.0 Å². The van der Waals surface area contributed by atoms with Gasteiger partial charge in [0.25, 0.3) is 11.5 Å². The molecule has 2 aliphatic heterocycles. The Labute approximate surface area is 233 Å². The number of amides is 1. The second-order valence-corrected chi connectivity index (χ2v) is 12.7. The van der Waals surface area contributed by atoms with Crippen molar-refractivity contribution >= 4 is 38.5 Å². The lowest BCUT2D eigenvalue weighted by Crippen LogP contribution is -2.42. The highest BCUT2D eigenvalue weighted by atomic mass is 32.2. The molecule has 1 unspecified atom stereocenters. The van der Waals surface area contributed by atoms with Crippen LogP contribution in [-0.2, 0) is 15.8 Å². The molecule has 4 heterocycles. The fraction of sp³-hybridized carbons (Fsp3) is 0.462. The van der Waals surface area contributed by atoms with Crippen molar-refractivity contribution in [2.24, 2.45) is 5.92 Å². The number of carboxylic acid groups (broad SMARTS) is 1. The number of aromatic nitrogens is 3. The fourth-order valence-electron chi connectivity index (χ4n) is 5.39. The van der Waals surface area contributed by atoms with Crippen molar-refractivity contribution in [2.75, 3.05) is 47.9 Å². The molecule has 0 spiro atoms. The maximum absolute atomic E-state index is 15.7. The molecule has 2 fully saturated rings. The maximum Gasteiger partial charge on any atom is 0.407 e. The highest BCUT2D eigenvalue weighted by Crippen LogP contribution is 2.43. The first-order chi connectivity index (χ1) is 19.4. The summed E-state index contributed by atoms with van der Waals surface area (Å²) < 4.78 is 70.3. The van der Waals surface area contributed by atoms with Crippen molar-refractivity contribution in [2.45, 2.75) is 31.7 Å². The van der Waals surface area contributed by atoms with Gasteiger partial charge >= 0.3 is 6.09 Å². The van der Waals surface area contributed by atoms with E-state index in [1.807, 2.05) is 0 Å². The van der Waals surface area contributed by atoms with Crippen molar-refractivity contribution in [3.63, 3.8) is 0 Å². The van der Waals surface area contributed by atoms with Gasteiger partial charge in [-0.05, 0) is 25.8 Å². The Morgan fingerprint density at radius 2 is 1.85 bits per heavy atom. The summed E-state index contributed by atoms with van der Waals surface area (Å²) in [5, 5.41) is 12.5. The van der Waals surface area contributed by atoms with E-state index in [0.717, 1.165) is 11.0 Å². The second kappa shape index (κ2) is 10.8. The Kier molecular flexibility index (Phi) is 7.57. The average molecular weight is 595 g/mol. The molecule has 11 nitrogen and oxygen atoms in total. The molecule has 220 valence electrons. The normalized spacial score (nSPS) is 18.8. The van der Waals surface area contributed by atoms with Gasteiger partial charge in [-0.25, -0.2) is 36.4 Å². The van der Waals surface area contributed by atoms with E-state index < -0.39 is 50.8 Å². The highest BCUT2D eigenvalue weighted by molar-refractivity contribution is 7.91. The van der Waals surface area contributed by atoms with Gasteiger partial charge in [0.05, 0.1) is 28.5 Å². The molecule has 0 saturated carbocycles. The number of fused-ring (bicyclic) bond motifs is 1. The number of benzene rings is 1. The standard InChI is InChI=1S/C26H29F3N6O5S/c1-15(17-3-2-4-19(21(17)27)26(28,29)16-5-7-35(8-6-16)25(37)38)32-22-18-13-20(24(36)33-23(18)31-14-30-22)34-9-11-41(39,40)12-10-34/h2-4,13-16H,5-12H2,1H3,(H,37,38)(H2,30,31,32,33,36). The van der Waals surface area contributed by atoms with Gasteiger partial charge < -0.3 is 25.2 Å². The molecule has 1 atom stereocenters. The number of pyridine rings is 1. The van der Waals surface area contributed by atoms with E-state index in [9.17, 15) is 18.0 Å². The van der Waals surface area contributed by atoms with E-state index in [-0.39, 0.29) is 73.2 Å². The number of likely N-dealkylation sites (tertiary alicyclic amines) is 1. The van der Waals surface area contributed by atoms with Crippen LogP contribution >= 0.6 is 0 Å². The molecule has 1 amide bonds. The fourth-order valence-corrected chi connectivity index (χ4v) is 6.59. The minimum Gasteiger partial charge on any atom is -0.465 e. The zero-order chi connectivity index (χ0) is 29.5. The molecule has 3 aromatic rings. The van der Waals surface area contributed by atoms with E-state index in [2.05, 4.69) is 20.3 Å². The molecule has 1 aromatic carbocycles. The van der Waals surface area contributed by atoms with Crippen LogP contribution in [0.2, 0.25) is 0 Å². The van der Waals surface area contributed by atoms with E-state index in [0.29, 0.717) is 5.39 Å². The number of hydrogen-bond acceptors (Lipinski definition) is 8. The minimum atomic E-state index is -3.51. The van der Waals surface area contributed by atoms with Crippen LogP contribution in [-0.4, -0.2) is 77.2 Å². The average Bonchev–Trinajstić information content (AvgIpc) is 2.93. The summed E-state index contributed by atoms with van der Waals surface area (Å²) in [4.78, 5) is 37.6. The topological polar surface area (TPSA) is 149 Å². The van der Waals surface area contributed by atoms with Crippen LogP contribution in [0.1, 0.15) is 36.9 Å². The Morgan fingerprint density at radius 1 is 1.17 bits per heavy atom. The van der Waals surface area contributed by atoms with Crippen LogP contribution in [0.15, 0.2) is 35.4 Å². The summed E-state index contributed by atoms with van der Waals surface area (Å²) in [6.07, 6.45) is -0.150. The van der Waals surface area contributed by atoms with Gasteiger partial charge in [-0.15, -0.1) is 0 Å². The molecule has 2 aromatic heterocycles. The number of piperidine rings is 1. The quantitative estimate of drug-likeness (QED) is 0.391. The van der Waals surface area contributed by atoms with Gasteiger partial charge in [0.15, 0.2) is 9.84 Å². The monoisotopic (exact) mass is 594 g/mol. The third-order valence-corrected chi connectivity index (χ3v) is 9.41. The maximum atomic E-state index is 15.7. The van der Waals surface area contributed by atoms with Crippen molar-refractivity contribution in [3.8, 4) is 0 Å². The number of nitrogens with zero attached hydrogens (tertiary/aromatic N) is 4. The molecular weight excluding hydrogens is 565 g/mol. The third-order valence-electron chi connectivity index (χ3n) is 7.80. The van der Waals surface area contributed by atoms with Crippen LogP contribution in [0.5, 0.6) is 0 Å². The van der Waals surface area contributed by atoms with Gasteiger partial charge in [0.1, 0.15) is 29.3 Å². The number of halogens is 3. The molecule has 5 rings (SSSR count). The van der Waals surface area contributed by atoms with Gasteiger partial charge in [-0.2, -0.15) is 0 Å². The van der Waals surface area contributed by atoms with Gasteiger partial charge in [-0.3, -0.25) is 4.79 Å². The molecule has 2 aliphatic rings. The molecule has 3 N–H and O–H groups in total. The van der Waals surface area contributed by atoms with Crippen LogP contribution in [0.4, 0.5) is 29.5 Å². The van der Waals surface area contributed by atoms with E-state index in [4.69, 9.17) is 5.11 Å². The lowest BCUT2D eigenvalue weighted by molar-refractivity contribution is -0.0861. The summed E-state index contributed by atoms with van der Waals surface area (Å²) in [7, 11) is -3.17. The van der Waals surface area contributed by atoms with Crippen molar-refractivity contribution in [1.29, 1.82) is 0 Å². The summed E-state index contributed by atoms with van der Waals surface area (Å²) >= 11 is 0. The molecule has 0 aliphatic carbocycles. The number of alkyl halides is 2. The minimum absolute atomic E-state index is 0.0252. The molecule has 0 bridgehead atoms. The Bertz CT molecular complexity index is 1630. The van der Waals surface area contributed by atoms with Crippen LogP contribution in [0.3, 0.4) is 0 Å². The van der Waals surface area contributed by atoms with Crippen LogP contribution < -0.4 is 15.8 Å². The number of rotatable bonds is 6. The number of H-pyrrole nitrogens is 1. The summed E-state index contributed by atoms with van der Waals surface area (Å²) in [6.45, 7) is 1.78. The van der Waals surface area contributed by atoms with E-state index in [1.54, 1.807) is 11.8 Å². The Morgan fingerprint density at radius 3 is 2.51 bits per heavy atom. The van der Waals surface area contributed by atoms with Crippen molar-refractivity contribution in [3.05, 3.63) is 57.9 Å². The summed E-state index contributed by atoms with van der Waals surface area (Å²) in [5.41, 5.74) is -0.801. The number of anilines is 2. The van der Waals surface area contributed by atoms with Crippen molar-refractivity contribution < 1.29 is 31.5 Å². The first-order valence-electron chi connectivity index (χ1n) is 13.1. The highest BCUT2D eigenvalue weighted by Gasteiger charge is 2.45. The number of sulfone groups is 1. The zero-order valence-corrected chi connectivity index (χ0v) is 22.9. The molecule has 41 heavy (non-hydrogen) atoms. The molecular formula is C26H29F3N6O5S. The molecule has 0 radical (unpaired) electrons. The first-order valence-corrected chi connectivity index (χ1v) is 14.9. The SMILES string of the molecule is CC(Nc1ncnc2[nH]c(=O)c(N3CCS(=O)(=O)CC3)cc12)c1cccc(C(F)(F)C2CCN(C(=O)O)CC2)c1F. The van der Waals surface area contributed by atoms with E-state index >= 15 is 13.2 Å². The third kappa shape index (κ3) is 5.67. The first kappa shape index (κ1) is 28.6. The lowest BCUT2D eigenvalue weighted by Gasteiger charge is -2.35. The van der Waals surface area contributed by atoms with Gasteiger partial charge in [0.2, 0.25) is 0 Å². The Balaban J connectivity index is 1.41. The van der Waals surface area contributed by atoms with Crippen LogP contribution in [0, 0.1) is 11.7 Å². The van der Waals surface area contributed by atoms with Crippen molar-refractivity contribution in [1.82, 2.24) is 19.9 Å². The zero-order valence-electron chi connectivity index (χ0n) is 22.1. The predicted molar refractivity (Wildman–Crippen MR) is 146 cm³/mol. The summed E-state index contributed by atoms with van der Waals surface area (Å²) in [6, 6.07) is 4.50.